The lowest BCUT2D eigenvalue weighted by molar-refractivity contribution is -0.114. The molecule has 0 bridgehead atoms. The van der Waals surface area contributed by atoms with Gasteiger partial charge in [0, 0.05) is 18.3 Å². The molecule has 29 heavy (non-hydrogen) atoms. The molecule has 1 heterocycles. The molecule has 0 saturated heterocycles. The fourth-order valence-corrected chi connectivity index (χ4v) is 2.78. The van der Waals surface area contributed by atoms with E-state index in [1.165, 1.54) is 6.92 Å². The van der Waals surface area contributed by atoms with Gasteiger partial charge < -0.3 is 19.9 Å². The Hall–Kier alpha value is -3.61. The SMILES string of the molecule is CC(=O)Nc1ccc(NC(=O)c2noc(C)c2COc2cc(C)ccc2C)cc1. The van der Waals surface area contributed by atoms with Crippen molar-refractivity contribution in [2.75, 3.05) is 10.6 Å². The molecule has 0 atom stereocenters. The summed E-state index contributed by atoms with van der Waals surface area (Å²) in [5.74, 6) is 0.731. The zero-order chi connectivity index (χ0) is 21.0. The van der Waals surface area contributed by atoms with E-state index in [1.807, 2.05) is 32.0 Å². The normalized spacial score (nSPS) is 10.5. The standard InChI is InChI=1S/C22H23N3O4/c1-13-5-6-14(2)20(11-13)28-12-19-15(3)29-25-21(19)22(27)24-18-9-7-17(8-10-18)23-16(4)26/h5-11H,12H2,1-4H3,(H,23,26)(H,24,27). The topological polar surface area (TPSA) is 93.5 Å². The minimum Gasteiger partial charge on any atom is -0.488 e. The summed E-state index contributed by atoms with van der Waals surface area (Å²) in [5.41, 5.74) is 4.10. The second-order valence-corrected chi connectivity index (χ2v) is 6.84. The van der Waals surface area contributed by atoms with Crippen LogP contribution in [0.2, 0.25) is 0 Å². The number of hydrogen-bond donors (Lipinski definition) is 2. The van der Waals surface area contributed by atoms with Crippen LogP contribution in [0.3, 0.4) is 0 Å². The van der Waals surface area contributed by atoms with E-state index < -0.39 is 5.91 Å². The zero-order valence-electron chi connectivity index (χ0n) is 16.8. The van der Waals surface area contributed by atoms with E-state index in [1.54, 1.807) is 31.2 Å². The number of benzene rings is 2. The third-order valence-corrected chi connectivity index (χ3v) is 4.38. The Morgan fingerprint density at radius 1 is 1.00 bits per heavy atom. The Morgan fingerprint density at radius 2 is 1.66 bits per heavy atom. The molecular formula is C22H23N3O4. The second kappa shape index (κ2) is 8.60. The van der Waals surface area contributed by atoms with Gasteiger partial charge in [0.25, 0.3) is 5.91 Å². The quantitative estimate of drug-likeness (QED) is 0.648. The van der Waals surface area contributed by atoms with Gasteiger partial charge in [0.2, 0.25) is 5.91 Å². The van der Waals surface area contributed by atoms with Crippen LogP contribution in [0.4, 0.5) is 11.4 Å². The van der Waals surface area contributed by atoms with Gasteiger partial charge in [-0.2, -0.15) is 0 Å². The zero-order valence-corrected chi connectivity index (χ0v) is 16.8. The minimum atomic E-state index is -0.395. The van der Waals surface area contributed by atoms with E-state index in [9.17, 15) is 9.59 Å². The molecule has 0 fully saturated rings. The molecule has 0 aliphatic rings. The van der Waals surface area contributed by atoms with Gasteiger partial charge in [0.1, 0.15) is 18.1 Å². The van der Waals surface area contributed by atoms with Gasteiger partial charge in [0.05, 0.1) is 5.56 Å². The van der Waals surface area contributed by atoms with Crippen molar-refractivity contribution < 1.29 is 18.8 Å². The van der Waals surface area contributed by atoms with Crippen LogP contribution in [0, 0.1) is 20.8 Å². The number of carbonyl (C=O) groups is 2. The summed E-state index contributed by atoms with van der Waals surface area (Å²) in [5, 5.41) is 9.35. The number of rotatable bonds is 6. The number of ether oxygens (including phenoxy) is 1. The number of anilines is 2. The largest absolute Gasteiger partial charge is 0.488 e. The summed E-state index contributed by atoms with van der Waals surface area (Å²) in [7, 11) is 0. The van der Waals surface area contributed by atoms with Crippen LogP contribution in [0.25, 0.3) is 0 Å². The van der Waals surface area contributed by atoms with E-state index in [0.717, 1.165) is 16.9 Å². The summed E-state index contributed by atoms with van der Waals surface area (Å²) in [6.45, 7) is 7.31. The van der Waals surface area contributed by atoms with Crippen molar-refractivity contribution >= 4 is 23.2 Å². The highest BCUT2D eigenvalue weighted by Crippen LogP contribution is 2.23. The Balaban J connectivity index is 1.72. The molecule has 2 amide bonds. The number of carbonyl (C=O) groups excluding carboxylic acids is 2. The fraction of sp³-hybridized carbons (Fsp3) is 0.227. The predicted molar refractivity (Wildman–Crippen MR) is 110 cm³/mol. The summed E-state index contributed by atoms with van der Waals surface area (Å²) in [4.78, 5) is 23.8. The van der Waals surface area contributed by atoms with Gasteiger partial charge in [-0.3, -0.25) is 9.59 Å². The second-order valence-electron chi connectivity index (χ2n) is 6.84. The van der Waals surface area contributed by atoms with Crippen LogP contribution < -0.4 is 15.4 Å². The molecule has 3 aromatic rings. The number of nitrogens with zero attached hydrogens (tertiary/aromatic N) is 1. The fourth-order valence-electron chi connectivity index (χ4n) is 2.78. The smallest absolute Gasteiger partial charge is 0.278 e. The summed E-state index contributed by atoms with van der Waals surface area (Å²) >= 11 is 0. The molecule has 0 aliphatic heterocycles. The van der Waals surface area contributed by atoms with Crippen molar-refractivity contribution in [1.82, 2.24) is 5.16 Å². The Labute approximate surface area is 169 Å². The van der Waals surface area contributed by atoms with Crippen LogP contribution in [-0.4, -0.2) is 17.0 Å². The summed E-state index contributed by atoms with van der Waals surface area (Å²) in [6, 6.07) is 12.8. The third-order valence-electron chi connectivity index (χ3n) is 4.38. The van der Waals surface area contributed by atoms with Gasteiger partial charge >= 0.3 is 0 Å². The van der Waals surface area contributed by atoms with Crippen LogP contribution in [0.15, 0.2) is 47.0 Å². The molecule has 7 heteroatoms. The Morgan fingerprint density at radius 3 is 2.31 bits per heavy atom. The summed E-state index contributed by atoms with van der Waals surface area (Å²) in [6.07, 6.45) is 0. The predicted octanol–water partition coefficient (Wildman–Crippen LogP) is 4.39. The lowest BCUT2D eigenvalue weighted by Gasteiger charge is -2.10. The molecule has 2 aromatic carbocycles. The lowest BCUT2D eigenvalue weighted by Crippen LogP contribution is -2.15. The maximum atomic E-state index is 12.7. The van der Waals surface area contributed by atoms with Crippen molar-refractivity contribution in [1.29, 1.82) is 0 Å². The van der Waals surface area contributed by atoms with Gasteiger partial charge in [-0.05, 0) is 62.2 Å². The van der Waals surface area contributed by atoms with Crippen molar-refractivity contribution in [2.24, 2.45) is 0 Å². The van der Waals surface area contributed by atoms with Crippen LogP contribution in [0.5, 0.6) is 5.75 Å². The van der Waals surface area contributed by atoms with Crippen LogP contribution in [0.1, 0.15) is 39.9 Å². The summed E-state index contributed by atoms with van der Waals surface area (Å²) < 4.78 is 11.1. The van der Waals surface area contributed by atoms with Crippen LogP contribution >= 0.6 is 0 Å². The lowest BCUT2D eigenvalue weighted by atomic mass is 10.1. The minimum absolute atomic E-state index is 0.159. The van der Waals surface area contributed by atoms with Gasteiger partial charge in [-0.15, -0.1) is 0 Å². The van der Waals surface area contributed by atoms with E-state index in [4.69, 9.17) is 9.26 Å². The van der Waals surface area contributed by atoms with Crippen molar-refractivity contribution in [3.63, 3.8) is 0 Å². The highest BCUT2D eigenvalue weighted by Gasteiger charge is 2.21. The molecule has 7 nitrogen and oxygen atoms in total. The molecule has 2 N–H and O–H groups in total. The van der Waals surface area contributed by atoms with Crippen molar-refractivity contribution in [3.8, 4) is 5.75 Å². The van der Waals surface area contributed by atoms with Gasteiger partial charge in [-0.25, -0.2) is 0 Å². The number of hydrogen-bond acceptors (Lipinski definition) is 5. The molecular weight excluding hydrogens is 370 g/mol. The number of nitrogens with one attached hydrogen (secondary N) is 2. The highest BCUT2D eigenvalue weighted by atomic mass is 16.5. The molecule has 0 aliphatic carbocycles. The molecule has 0 saturated carbocycles. The molecule has 0 spiro atoms. The van der Waals surface area contributed by atoms with Crippen molar-refractivity contribution in [2.45, 2.75) is 34.3 Å². The number of aryl methyl sites for hydroxylation is 3. The Bertz CT molecular complexity index is 1040. The first-order chi connectivity index (χ1) is 13.8. The van der Waals surface area contributed by atoms with E-state index in [0.29, 0.717) is 22.7 Å². The monoisotopic (exact) mass is 393 g/mol. The highest BCUT2D eigenvalue weighted by molar-refractivity contribution is 6.04. The maximum absolute atomic E-state index is 12.7. The third kappa shape index (κ3) is 5.01. The van der Waals surface area contributed by atoms with E-state index >= 15 is 0 Å². The first-order valence-electron chi connectivity index (χ1n) is 9.17. The number of aromatic nitrogens is 1. The molecule has 0 unspecified atom stereocenters. The molecule has 3 rings (SSSR count). The number of amides is 2. The van der Waals surface area contributed by atoms with Gasteiger partial charge in [0.15, 0.2) is 5.69 Å². The first-order valence-corrected chi connectivity index (χ1v) is 9.17. The first kappa shape index (κ1) is 20.1. The molecule has 150 valence electrons. The van der Waals surface area contributed by atoms with Crippen molar-refractivity contribution in [3.05, 3.63) is 70.6 Å². The average Bonchev–Trinajstić information content (AvgIpc) is 3.04. The molecule has 1 aromatic heterocycles. The maximum Gasteiger partial charge on any atom is 0.278 e. The van der Waals surface area contributed by atoms with Crippen LogP contribution in [-0.2, 0) is 11.4 Å². The van der Waals surface area contributed by atoms with E-state index in [2.05, 4.69) is 15.8 Å². The molecule has 0 radical (unpaired) electrons. The average molecular weight is 393 g/mol. The Kier molecular flexibility index (Phi) is 5.97. The van der Waals surface area contributed by atoms with E-state index in [-0.39, 0.29) is 18.2 Å². The van der Waals surface area contributed by atoms with Gasteiger partial charge in [-0.1, -0.05) is 17.3 Å².